The molecule has 2 aromatic heterocycles. The van der Waals surface area contributed by atoms with Gasteiger partial charge in [-0.3, -0.25) is 0 Å². The number of rotatable bonds is 4. The van der Waals surface area contributed by atoms with Crippen LogP contribution < -0.4 is 0 Å². The predicted octanol–water partition coefficient (Wildman–Crippen LogP) is 2.78. The van der Waals surface area contributed by atoms with Gasteiger partial charge in [-0.2, -0.15) is 0 Å². The molecule has 0 N–H and O–H groups in total. The van der Waals surface area contributed by atoms with Crippen LogP contribution in [0.4, 0.5) is 0 Å². The lowest BCUT2D eigenvalue weighted by Gasteiger charge is -2.07. The van der Waals surface area contributed by atoms with Gasteiger partial charge in [0.05, 0.1) is 24.1 Å². The number of carbonyl (C=O) groups excluding carboxylic acids is 1. The largest absolute Gasteiger partial charge is 0.462 e. The highest BCUT2D eigenvalue weighted by molar-refractivity contribution is 5.90. The van der Waals surface area contributed by atoms with Crippen molar-refractivity contribution in [2.45, 2.75) is 27.2 Å². The van der Waals surface area contributed by atoms with Gasteiger partial charge in [0, 0.05) is 6.20 Å². The summed E-state index contributed by atoms with van der Waals surface area (Å²) in [4.78, 5) is 20.3. The molecule has 0 unspecified atom stereocenters. The van der Waals surface area contributed by atoms with Crippen LogP contribution in [0.1, 0.15) is 35.5 Å². The lowest BCUT2D eigenvalue weighted by Crippen LogP contribution is -2.11. The van der Waals surface area contributed by atoms with Crippen LogP contribution in [0, 0.1) is 6.92 Å². The highest BCUT2D eigenvalue weighted by atomic mass is 16.5. The van der Waals surface area contributed by atoms with Gasteiger partial charge >= 0.3 is 5.97 Å². The van der Waals surface area contributed by atoms with Crippen LogP contribution in [0.25, 0.3) is 11.6 Å². The maximum absolute atomic E-state index is 11.8. The first-order chi connectivity index (χ1) is 9.17. The van der Waals surface area contributed by atoms with Crippen molar-refractivity contribution in [2.24, 2.45) is 0 Å². The Morgan fingerprint density at radius 2 is 2.21 bits per heavy atom. The van der Waals surface area contributed by atoms with Gasteiger partial charge in [-0.05, 0) is 31.9 Å². The highest BCUT2D eigenvalue weighted by Gasteiger charge is 2.17. The second kappa shape index (κ2) is 5.65. The number of nitrogens with zero attached hydrogens (tertiary/aromatic N) is 2. The second-order valence-electron chi connectivity index (χ2n) is 4.06. The summed E-state index contributed by atoms with van der Waals surface area (Å²) in [5.74, 6) is 0.736. The average molecular weight is 260 g/mol. The molecule has 0 bridgehead atoms. The first kappa shape index (κ1) is 13.3. The topological polar surface area (TPSA) is 65.2 Å². The number of aromatic nitrogens is 2. The summed E-state index contributed by atoms with van der Waals surface area (Å²) in [7, 11) is 0. The molecular formula is C14H16N2O3. The van der Waals surface area contributed by atoms with E-state index in [1.54, 1.807) is 13.2 Å². The molecule has 0 radical (unpaired) electrons. The van der Waals surface area contributed by atoms with Crippen LogP contribution in [0.15, 0.2) is 22.9 Å². The smallest absolute Gasteiger partial charge is 0.341 e. The minimum Gasteiger partial charge on any atom is -0.462 e. The van der Waals surface area contributed by atoms with Gasteiger partial charge in [-0.15, -0.1) is 0 Å². The molecule has 5 nitrogen and oxygen atoms in total. The van der Waals surface area contributed by atoms with Crippen LogP contribution in [0.3, 0.4) is 0 Å². The molecule has 0 aromatic carbocycles. The van der Waals surface area contributed by atoms with Gasteiger partial charge in [-0.25, -0.2) is 14.8 Å². The van der Waals surface area contributed by atoms with E-state index in [2.05, 4.69) is 9.97 Å². The van der Waals surface area contributed by atoms with Crippen LogP contribution in [0.2, 0.25) is 0 Å². The number of furan rings is 1. The average Bonchev–Trinajstić information content (AvgIpc) is 2.84. The van der Waals surface area contributed by atoms with E-state index in [4.69, 9.17) is 9.15 Å². The Kier molecular flexibility index (Phi) is 3.94. The Balaban J connectivity index is 2.42. The van der Waals surface area contributed by atoms with Gasteiger partial charge < -0.3 is 9.15 Å². The van der Waals surface area contributed by atoms with Crippen LogP contribution in [-0.2, 0) is 11.2 Å². The fourth-order valence-electron chi connectivity index (χ4n) is 1.78. The van der Waals surface area contributed by atoms with Gasteiger partial charge in [-0.1, -0.05) is 6.92 Å². The molecule has 100 valence electrons. The molecule has 0 aliphatic heterocycles. The zero-order chi connectivity index (χ0) is 13.8. The van der Waals surface area contributed by atoms with E-state index in [1.807, 2.05) is 19.9 Å². The summed E-state index contributed by atoms with van der Waals surface area (Å²) in [5.41, 5.74) is 2.04. The van der Waals surface area contributed by atoms with Crippen molar-refractivity contribution >= 4 is 5.97 Å². The number of esters is 1. The molecule has 2 heterocycles. The van der Waals surface area contributed by atoms with Crippen molar-refractivity contribution in [3.8, 4) is 11.6 Å². The maximum atomic E-state index is 11.8. The number of aryl methyl sites for hydroxylation is 2. The van der Waals surface area contributed by atoms with Crippen molar-refractivity contribution in [3.63, 3.8) is 0 Å². The van der Waals surface area contributed by atoms with Crippen LogP contribution in [0.5, 0.6) is 0 Å². The van der Waals surface area contributed by atoms with Gasteiger partial charge in [0.15, 0.2) is 11.6 Å². The van der Waals surface area contributed by atoms with Crippen molar-refractivity contribution in [1.29, 1.82) is 0 Å². The Morgan fingerprint density at radius 1 is 1.42 bits per heavy atom. The number of carbonyl (C=O) groups is 1. The summed E-state index contributed by atoms with van der Waals surface area (Å²) < 4.78 is 10.3. The van der Waals surface area contributed by atoms with E-state index in [0.717, 1.165) is 5.56 Å². The summed E-state index contributed by atoms with van der Waals surface area (Å²) in [6, 6.07) is 1.85. The van der Waals surface area contributed by atoms with Crippen LogP contribution >= 0.6 is 0 Å². The lowest BCUT2D eigenvalue weighted by atomic mass is 10.2. The van der Waals surface area contributed by atoms with E-state index in [1.165, 1.54) is 6.20 Å². The zero-order valence-corrected chi connectivity index (χ0v) is 11.3. The zero-order valence-electron chi connectivity index (χ0n) is 11.3. The first-order valence-corrected chi connectivity index (χ1v) is 6.24. The third-order valence-corrected chi connectivity index (χ3v) is 2.76. The van der Waals surface area contributed by atoms with E-state index in [0.29, 0.717) is 35.9 Å². The summed E-state index contributed by atoms with van der Waals surface area (Å²) in [6.45, 7) is 5.96. The van der Waals surface area contributed by atoms with Crippen LogP contribution in [-0.4, -0.2) is 22.5 Å². The maximum Gasteiger partial charge on any atom is 0.341 e. The summed E-state index contributed by atoms with van der Waals surface area (Å²) in [6.07, 6.45) is 3.73. The van der Waals surface area contributed by atoms with Crippen molar-refractivity contribution in [1.82, 2.24) is 9.97 Å². The van der Waals surface area contributed by atoms with Crippen molar-refractivity contribution in [3.05, 3.63) is 35.3 Å². The molecule has 0 amide bonds. The number of hydrogen-bond acceptors (Lipinski definition) is 5. The molecule has 0 aliphatic rings. The Hall–Kier alpha value is -2.17. The summed E-state index contributed by atoms with van der Waals surface area (Å²) in [5, 5.41) is 0. The fourth-order valence-corrected chi connectivity index (χ4v) is 1.78. The monoisotopic (exact) mass is 260 g/mol. The molecule has 19 heavy (non-hydrogen) atoms. The molecule has 5 heteroatoms. The van der Waals surface area contributed by atoms with Crippen molar-refractivity contribution in [2.75, 3.05) is 6.61 Å². The molecule has 0 saturated heterocycles. The molecule has 2 aromatic rings. The third-order valence-electron chi connectivity index (χ3n) is 2.76. The molecule has 0 spiro atoms. The predicted molar refractivity (Wildman–Crippen MR) is 69.8 cm³/mol. The summed E-state index contributed by atoms with van der Waals surface area (Å²) >= 11 is 0. The minimum absolute atomic E-state index is 0.334. The Morgan fingerprint density at radius 3 is 2.79 bits per heavy atom. The third kappa shape index (κ3) is 2.65. The second-order valence-corrected chi connectivity index (χ2v) is 4.06. The SMILES string of the molecule is CCOC(=O)c1cnc(-c2occc2C)nc1CC. The molecule has 0 saturated carbocycles. The molecule has 0 aliphatic carbocycles. The molecule has 0 fully saturated rings. The van der Waals surface area contributed by atoms with Gasteiger partial charge in [0.2, 0.25) is 0 Å². The molecule has 0 atom stereocenters. The van der Waals surface area contributed by atoms with Gasteiger partial charge in [0.1, 0.15) is 0 Å². The Bertz CT molecular complexity index is 590. The normalized spacial score (nSPS) is 10.5. The quantitative estimate of drug-likeness (QED) is 0.791. The number of hydrogen-bond donors (Lipinski definition) is 0. The first-order valence-electron chi connectivity index (χ1n) is 6.24. The standard InChI is InChI=1S/C14H16N2O3/c1-4-11-10(14(17)18-5-2)8-15-13(16-11)12-9(3)6-7-19-12/h6-8H,4-5H2,1-3H3. The highest BCUT2D eigenvalue weighted by Crippen LogP contribution is 2.21. The molecular weight excluding hydrogens is 244 g/mol. The van der Waals surface area contributed by atoms with Gasteiger partial charge in [0.25, 0.3) is 0 Å². The van der Waals surface area contributed by atoms with Crippen molar-refractivity contribution < 1.29 is 13.9 Å². The van der Waals surface area contributed by atoms with E-state index in [9.17, 15) is 4.79 Å². The lowest BCUT2D eigenvalue weighted by molar-refractivity contribution is 0.0524. The fraction of sp³-hybridized carbons (Fsp3) is 0.357. The molecule has 2 rings (SSSR count). The van der Waals surface area contributed by atoms with E-state index >= 15 is 0 Å². The Labute approximate surface area is 111 Å². The number of ether oxygens (including phenoxy) is 1. The minimum atomic E-state index is -0.387. The van der Waals surface area contributed by atoms with E-state index < -0.39 is 0 Å². The van der Waals surface area contributed by atoms with E-state index in [-0.39, 0.29) is 5.97 Å².